The third-order valence-electron chi connectivity index (χ3n) is 3.59. The quantitative estimate of drug-likeness (QED) is 0.717. The van der Waals surface area contributed by atoms with Crippen LogP contribution in [0.1, 0.15) is 0 Å². The fourth-order valence-electron chi connectivity index (χ4n) is 2.61. The van der Waals surface area contributed by atoms with Gasteiger partial charge in [0.1, 0.15) is 11.4 Å². The number of ether oxygens (including phenoxy) is 2. The number of aromatic nitrogens is 4. The Labute approximate surface area is 108 Å². The Hall–Kier alpha value is -1.93. The lowest BCUT2D eigenvalue weighted by atomic mass is 9.99. The van der Waals surface area contributed by atoms with E-state index in [1.165, 1.54) is 0 Å². The van der Waals surface area contributed by atoms with Gasteiger partial charge in [0.25, 0.3) is 0 Å². The molecule has 0 bridgehead atoms. The Morgan fingerprint density at radius 2 is 2.26 bits per heavy atom. The molecule has 4 heterocycles. The summed E-state index contributed by atoms with van der Waals surface area (Å²) < 4.78 is 11.1. The summed E-state index contributed by atoms with van der Waals surface area (Å²) in [7, 11) is 0. The Kier molecular flexibility index (Phi) is 2.18. The largest absolute Gasteiger partial charge is 0.375 e. The lowest BCUT2D eigenvalue weighted by molar-refractivity contribution is -0.211. The molecule has 0 amide bonds. The number of fused-ring (bicyclic) bond motifs is 1. The average Bonchev–Trinajstić information content (AvgIpc) is 2.84. The number of nitrogens with two attached hydrogens (primary N) is 1. The van der Waals surface area contributed by atoms with Crippen LogP contribution in [0.5, 0.6) is 0 Å². The van der Waals surface area contributed by atoms with Crippen molar-refractivity contribution in [2.75, 3.05) is 43.5 Å². The molecular weight excluding hydrogens is 248 g/mol. The van der Waals surface area contributed by atoms with E-state index in [2.05, 4.69) is 25.1 Å². The number of morpholine rings is 1. The molecule has 100 valence electrons. The first-order valence-corrected chi connectivity index (χ1v) is 6.19. The van der Waals surface area contributed by atoms with Crippen molar-refractivity contribution in [1.82, 2.24) is 20.2 Å². The minimum Gasteiger partial charge on any atom is -0.375 e. The monoisotopic (exact) mass is 262 g/mol. The van der Waals surface area contributed by atoms with Crippen molar-refractivity contribution in [3.05, 3.63) is 6.20 Å². The average molecular weight is 262 g/mol. The van der Waals surface area contributed by atoms with Crippen LogP contribution in [-0.2, 0) is 9.47 Å². The second-order valence-electron chi connectivity index (χ2n) is 4.98. The van der Waals surface area contributed by atoms with Crippen molar-refractivity contribution in [2.24, 2.45) is 0 Å². The molecule has 2 aromatic heterocycles. The molecular formula is C11H14N6O2. The zero-order valence-electron chi connectivity index (χ0n) is 10.3. The molecule has 0 atom stereocenters. The molecule has 4 rings (SSSR count). The zero-order chi connectivity index (χ0) is 12.9. The van der Waals surface area contributed by atoms with Gasteiger partial charge in [-0.1, -0.05) is 0 Å². The Balaban J connectivity index is 1.75. The molecule has 1 spiro atoms. The molecule has 2 aliphatic heterocycles. The van der Waals surface area contributed by atoms with E-state index in [0.29, 0.717) is 25.5 Å². The highest BCUT2D eigenvalue weighted by Crippen LogP contribution is 2.31. The maximum Gasteiger partial charge on any atom is 0.224 e. The molecule has 2 aromatic rings. The molecule has 0 unspecified atom stereocenters. The van der Waals surface area contributed by atoms with Gasteiger partial charge in [-0.2, -0.15) is 15.1 Å². The van der Waals surface area contributed by atoms with E-state index in [1.807, 2.05) is 0 Å². The summed E-state index contributed by atoms with van der Waals surface area (Å²) in [6.45, 7) is 3.46. The van der Waals surface area contributed by atoms with Crippen LogP contribution in [0.25, 0.3) is 11.0 Å². The second-order valence-corrected chi connectivity index (χ2v) is 4.98. The SMILES string of the molecule is Nc1nc(N2CCOC3(COC3)C2)c2cn[nH]c2n1. The highest BCUT2D eigenvalue weighted by Gasteiger charge is 2.44. The Bertz CT molecular complexity index is 623. The van der Waals surface area contributed by atoms with Gasteiger partial charge >= 0.3 is 0 Å². The Morgan fingerprint density at radius 1 is 1.37 bits per heavy atom. The topological polar surface area (TPSA) is 102 Å². The number of nitrogens with zero attached hydrogens (tertiary/aromatic N) is 4. The predicted octanol–water partition coefficient (Wildman–Crippen LogP) is -0.459. The van der Waals surface area contributed by atoms with Gasteiger partial charge in [-0.15, -0.1) is 0 Å². The highest BCUT2D eigenvalue weighted by atomic mass is 16.6. The number of rotatable bonds is 1. The first kappa shape index (κ1) is 10.9. The van der Waals surface area contributed by atoms with E-state index in [9.17, 15) is 0 Å². The minimum atomic E-state index is -0.186. The molecule has 8 heteroatoms. The Morgan fingerprint density at radius 3 is 3.05 bits per heavy atom. The fraction of sp³-hybridized carbons (Fsp3) is 0.545. The summed E-state index contributed by atoms with van der Waals surface area (Å²) in [4.78, 5) is 10.7. The van der Waals surface area contributed by atoms with Crippen molar-refractivity contribution in [3.8, 4) is 0 Å². The predicted molar refractivity (Wildman–Crippen MR) is 67.8 cm³/mol. The van der Waals surface area contributed by atoms with E-state index < -0.39 is 0 Å². The van der Waals surface area contributed by atoms with E-state index >= 15 is 0 Å². The summed E-state index contributed by atoms with van der Waals surface area (Å²) >= 11 is 0. The second kappa shape index (κ2) is 3.78. The standard InChI is InChI=1S/C11H14N6O2/c12-10-14-8-7(3-13-16-8)9(15-10)17-1-2-19-11(4-17)5-18-6-11/h3H,1-2,4-6H2,(H3,12,13,14,15,16). The highest BCUT2D eigenvalue weighted by molar-refractivity contribution is 5.87. The lowest BCUT2D eigenvalue weighted by Crippen LogP contribution is -2.63. The number of H-pyrrole nitrogens is 1. The van der Waals surface area contributed by atoms with Gasteiger partial charge in [0.05, 0.1) is 37.9 Å². The summed E-state index contributed by atoms with van der Waals surface area (Å²) in [6.07, 6.45) is 1.73. The first-order chi connectivity index (χ1) is 9.26. The molecule has 0 saturated carbocycles. The molecule has 2 fully saturated rings. The van der Waals surface area contributed by atoms with Crippen LogP contribution in [0.15, 0.2) is 6.20 Å². The van der Waals surface area contributed by atoms with E-state index in [0.717, 1.165) is 24.3 Å². The minimum absolute atomic E-state index is 0.186. The number of anilines is 2. The van der Waals surface area contributed by atoms with Gasteiger partial charge in [-0.25, -0.2) is 0 Å². The summed E-state index contributed by atoms with van der Waals surface area (Å²) in [5, 5.41) is 7.71. The van der Waals surface area contributed by atoms with Gasteiger partial charge < -0.3 is 20.1 Å². The fourth-order valence-corrected chi connectivity index (χ4v) is 2.61. The maximum absolute atomic E-state index is 5.81. The normalized spacial score (nSPS) is 21.8. The summed E-state index contributed by atoms with van der Waals surface area (Å²) in [5.74, 6) is 1.06. The molecule has 3 N–H and O–H groups in total. The van der Waals surface area contributed by atoms with Crippen LogP contribution < -0.4 is 10.6 Å². The van der Waals surface area contributed by atoms with Gasteiger partial charge in [0.15, 0.2) is 5.65 Å². The number of hydrogen-bond acceptors (Lipinski definition) is 7. The van der Waals surface area contributed by atoms with E-state index in [4.69, 9.17) is 15.2 Å². The summed E-state index contributed by atoms with van der Waals surface area (Å²) in [5.41, 5.74) is 6.23. The molecule has 8 nitrogen and oxygen atoms in total. The van der Waals surface area contributed by atoms with E-state index in [1.54, 1.807) is 6.20 Å². The number of nitrogens with one attached hydrogen (secondary N) is 1. The smallest absolute Gasteiger partial charge is 0.224 e. The number of hydrogen-bond donors (Lipinski definition) is 2. The zero-order valence-corrected chi connectivity index (χ0v) is 10.3. The van der Waals surface area contributed by atoms with Crippen molar-refractivity contribution >= 4 is 22.8 Å². The first-order valence-electron chi connectivity index (χ1n) is 6.19. The molecule has 2 aliphatic rings. The molecule has 19 heavy (non-hydrogen) atoms. The van der Waals surface area contributed by atoms with Crippen LogP contribution in [0.3, 0.4) is 0 Å². The molecule has 0 aliphatic carbocycles. The van der Waals surface area contributed by atoms with Crippen LogP contribution >= 0.6 is 0 Å². The van der Waals surface area contributed by atoms with Crippen molar-refractivity contribution in [2.45, 2.75) is 5.60 Å². The molecule has 2 saturated heterocycles. The van der Waals surface area contributed by atoms with Crippen LogP contribution in [0.2, 0.25) is 0 Å². The van der Waals surface area contributed by atoms with Crippen molar-refractivity contribution in [3.63, 3.8) is 0 Å². The third kappa shape index (κ3) is 1.64. The third-order valence-corrected chi connectivity index (χ3v) is 3.59. The molecule has 0 radical (unpaired) electrons. The van der Waals surface area contributed by atoms with Gasteiger partial charge in [-0.05, 0) is 0 Å². The van der Waals surface area contributed by atoms with Crippen LogP contribution in [-0.4, -0.2) is 58.7 Å². The molecule has 0 aromatic carbocycles. The number of nitrogen functional groups attached to an aromatic ring is 1. The van der Waals surface area contributed by atoms with Gasteiger partial charge in [-0.3, -0.25) is 5.10 Å². The lowest BCUT2D eigenvalue weighted by Gasteiger charge is -2.48. The van der Waals surface area contributed by atoms with Crippen molar-refractivity contribution in [1.29, 1.82) is 0 Å². The number of aromatic amines is 1. The van der Waals surface area contributed by atoms with Crippen LogP contribution in [0.4, 0.5) is 11.8 Å². The van der Waals surface area contributed by atoms with E-state index in [-0.39, 0.29) is 11.5 Å². The van der Waals surface area contributed by atoms with Crippen LogP contribution in [0, 0.1) is 0 Å². The maximum atomic E-state index is 5.81. The van der Waals surface area contributed by atoms with Crippen molar-refractivity contribution < 1.29 is 9.47 Å². The van der Waals surface area contributed by atoms with Gasteiger partial charge in [0.2, 0.25) is 5.95 Å². The summed E-state index contributed by atoms with van der Waals surface area (Å²) in [6, 6.07) is 0. The van der Waals surface area contributed by atoms with Gasteiger partial charge in [0, 0.05) is 6.54 Å².